The quantitative estimate of drug-likeness (QED) is 0.480. The predicted octanol–water partition coefficient (Wildman–Crippen LogP) is 1.51. The molecule has 0 aromatic rings. The molecule has 0 heterocycles. The molecule has 0 bridgehead atoms. The summed E-state index contributed by atoms with van der Waals surface area (Å²) in [4.78, 5) is 22.4. The molecule has 2 saturated carbocycles. The van der Waals surface area contributed by atoms with E-state index < -0.39 is 0 Å². The van der Waals surface area contributed by atoms with E-state index in [1.54, 1.807) is 0 Å². The van der Waals surface area contributed by atoms with E-state index in [1.165, 1.54) is 0 Å². The predicted molar refractivity (Wildman–Crippen MR) is 45.7 cm³/mol. The first-order valence-corrected chi connectivity index (χ1v) is 4.92. The van der Waals surface area contributed by atoms with E-state index >= 15 is 0 Å². The molecule has 13 heavy (non-hydrogen) atoms. The number of carbonyl (C=O) groups is 2. The van der Waals surface area contributed by atoms with Gasteiger partial charge in [0.25, 0.3) is 0 Å². The van der Waals surface area contributed by atoms with Crippen LogP contribution in [0, 0.1) is 17.8 Å². The average Bonchev–Trinajstić information content (AvgIpc) is 2.80. The van der Waals surface area contributed by atoms with Crippen molar-refractivity contribution in [2.24, 2.45) is 17.8 Å². The SMILES string of the molecule is CC1CC(C(=O)OC(=O)C2CC2)C1. The smallest absolute Gasteiger partial charge is 0.316 e. The fourth-order valence-electron chi connectivity index (χ4n) is 1.68. The Morgan fingerprint density at radius 3 is 2.08 bits per heavy atom. The Labute approximate surface area is 77.4 Å². The maximum atomic E-state index is 11.3. The van der Waals surface area contributed by atoms with Gasteiger partial charge in [0.1, 0.15) is 0 Å². The van der Waals surface area contributed by atoms with E-state index in [0.29, 0.717) is 5.92 Å². The zero-order valence-electron chi connectivity index (χ0n) is 7.79. The zero-order chi connectivity index (χ0) is 9.42. The van der Waals surface area contributed by atoms with Crippen molar-refractivity contribution >= 4 is 11.9 Å². The molecule has 0 radical (unpaired) electrons. The van der Waals surface area contributed by atoms with Crippen LogP contribution in [-0.2, 0) is 14.3 Å². The van der Waals surface area contributed by atoms with Crippen LogP contribution in [0.1, 0.15) is 32.6 Å². The lowest BCUT2D eigenvalue weighted by molar-refractivity contribution is -0.166. The molecule has 3 heteroatoms. The summed E-state index contributed by atoms with van der Waals surface area (Å²) in [5, 5.41) is 0. The van der Waals surface area contributed by atoms with E-state index in [4.69, 9.17) is 4.74 Å². The first-order chi connectivity index (χ1) is 6.16. The van der Waals surface area contributed by atoms with Crippen LogP contribution >= 0.6 is 0 Å². The van der Waals surface area contributed by atoms with E-state index in [0.717, 1.165) is 25.7 Å². The summed E-state index contributed by atoms with van der Waals surface area (Å²) >= 11 is 0. The molecule has 0 atom stereocenters. The van der Waals surface area contributed by atoms with Crippen LogP contribution in [0.15, 0.2) is 0 Å². The third kappa shape index (κ3) is 1.90. The maximum Gasteiger partial charge on any atom is 0.316 e. The molecule has 0 amide bonds. The number of hydrogen-bond acceptors (Lipinski definition) is 3. The Kier molecular flexibility index (Phi) is 2.10. The molecule has 0 spiro atoms. The van der Waals surface area contributed by atoms with Gasteiger partial charge in [-0.05, 0) is 31.6 Å². The minimum Gasteiger partial charge on any atom is -0.393 e. The van der Waals surface area contributed by atoms with Gasteiger partial charge >= 0.3 is 11.9 Å². The lowest BCUT2D eigenvalue weighted by Gasteiger charge is -2.29. The number of rotatable bonds is 2. The van der Waals surface area contributed by atoms with Crippen molar-refractivity contribution in [1.82, 2.24) is 0 Å². The number of hydrogen-bond donors (Lipinski definition) is 0. The van der Waals surface area contributed by atoms with Crippen LogP contribution in [0.2, 0.25) is 0 Å². The van der Waals surface area contributed by atoms with Gasteiger partial charge in [-0.2, -0.15) is 0 Å². The van der Waals surface area contributed by atoms with Crippen molar-refractivity contribution in [2.45, 2.75) is 32.6 Å². The van der Waals surface area contributed by atoms with Gasteiger partial charge in [0.15, 0.2) is 0 Å². The van der Waals surface area contributed by atoms with Crippen LogP contribution in [0.4, 0.5) is 0 Å². The lowest BCUT2D eigenvalue weighted by atomic mass is 9.76. The van der Waals surface area contributed by atoms with Gasteiger partial charge in [-0.1, -0.05) is 6.92 Å². The third-order valence-corrected chi connectivity index (χ3v) is 2.82. The maximum absolute atomic E-state index is 11.3. The fourth-order valence-corrected chi connectivity index (χ4v) is 1.68. The van der Waals surface area contributed by atoms with Crippen molar-refractivity contribution < 1.29 is 14.3 Å². The van der Waals surface area contributed by atoms with Crippen molar-refractivity contribution in [2.75, 3.05) is 0 Å². The highest BCUT2D eigenvalue weighted by Gasteiger charge is 2.37. The molecule has 0 aromatic heterocycles. The highest BCUT2D eigenvalue weighted by molar-refractivity contribution is 5.89. The van der Waals surface area contributed by atoms with Crippen molar-refractivity contribution in [1.29, 1.82) is 0 Å². The van der Waals surface area contributed by atoms with E-state index in [1.807, 2.05) is 0 Å². The summed E-state index contributed by atoms with van der Waals surface area (Å²) in [5.41, 5.74) is 0. The minimum absolute atomic E-state index is 0.00213. The van der Waals surface area contributed by atoms with Gasteiger partial charge in [0.05, 0.1) is 11.8 Å². The Hall–Kier alpha value is -0.860. The summed E-state index contributed by atoms with van der Waals surface area (Å²) in [6.45, 7) is 2.10. The number of ether oxygens (including phenoxy) is 1. The molecular weight excluding hydrogens is 168 g/mol. The van der Waals surface area contributed by atoms with Crippen LogP contribution < -0.4 is 0 Å². The number of esters is 2. The molecule has 0 aromatic carbocycles. The molecule has 72 valence electrons. The molecule has 0 aliphatic heterocycles. The topological polar surface area (TPSA) is 43.4 Å². The summed E-state index contributed by atoms with van der Waals surface area (Å²) in [6.07, 6.45) is 3.56. The summed E-state index contributed by atoms with van der Waals surface area (Å²) in [6, 6.07) is 0. The summed E-state index contributed by atoms with van der Waals surface area (Å²) in [7, 11) is 0. The first-order valence-electron chi connectivity index (χ1n) is 4.92. The second kappa shape index (κ2) is 3.13. The molecule has 3 nitrogen and oxygen atoms in total. The highest BCUT2D eigenvalue weighted by atomic mass is 16.6. The van der Waals surface area contributed by atoms with Gasteiger partial charge in [-0.3, -0.25) is 9.59 Å². The van der Waals surface area contributed by atoms with Gasteiger partial charge in [-0.25, -0.2) is 0 Å². The normalized spacial score (nSPS) is 32.1. The summed E-state index contributed by atoms with van der Waals surface area (Å²) in [5.74, 6) is 0.0484. The third-order valence-electron chi connectivity index (χ3n) is 2.82. The van der Waals surface area contributed by atoms with Crippen LogP contribution in [0.25, 0.3) is 0 Å². The van der Waals surface area contributed by atoms with Crippen LogP contribution in [-0.4, -0.2) is 11.9 Å². The minimum atomic E-state index is -0.301. The number of carbonyl (C=O) groups excluding carboxylic acids is 2. The Bertz CT molecular complexity index is 237. The van der Waals surface area contributed by atoms with Gasteiger partial charge < -0.3 is 4.74 Å². The Balaban J connectivity index is 1.74. The molecule has 0 N–H and O–H groups in total. The molecule has 0 saturated heterocycles. The molecular formula is C10H14O3. The van der Waals surface area contributed by atoms with Gasteiger partial charge in [0.2, 0.25) is 0 Å². The second-order valence-electron chi connectivity index (χ2n) is 4.29. The van der Waals surface area contributed by atoms with Gasteiger partial charge in [-0.15, -0.1) is 0 Å². The van der Waals surface area contributed by atoms with Gasteiger partial charge in [0, 0.05) is 0 Å². The molecule has 2 rings (SSSR count). The van der Waals surface area contributed by atoms with E-state index in [2.05, 4.69) is 6.92 Å². The molecule has 2 fully saturated rings. The lowest BCUT2D eigenvalue weighted by Crippen LogP contribution is -2.31. The zero-order valence-corrected chi connectivity index (χ0v) is 7.79. The fraction of sp³-hybridized carbons (Fsp3) is 0.800. The average molecular weight is 182 g/mol. The largest absolute Gasteiger partial charge is 0.393 e. The Morgan fingerprint density at radius 1 is 1.08 bits per heavy atom. The van der Waals surface area contributed by atoms with Crippen LogP contribution in [0.5, 0.6) is 0 Å². The van der Waals surface area contributed by atoms with Crippen molar-refractivity contribution in [3.05, 3.63) is 0 Å². The van der Waals surface area contributed by atoms with E-state index in [9.17, 15) is 9.59 Å². The summed E-state index contributed by atoms with van der Waals surface area (Å²) < 4.78 is 4.75. The second-order valence-corrected chi connectivity index (χ2v) is 4.29. The van der Waals surface area contributed by atoms with Crippen molar-refractivity contribution in [3.8, 4) is 0 Å². The molecule has 2 aliphatic carbocycles. The standard InChI is InChI=1S/C10H14O3/c1-6-4-8(5-6)10(12)13-9(11)7-2-3-7/h6-8H,2-5H2,1H3. The molecule has 0 unspecified atom stereocenters. The van der Waals surface area contributed by atoms with Crippen molar-refractivity contribution in [3.63, 3.8) is 0 Å². The van der Waals surface area contributed by atoms with Crippen LogP contribution in [0.3, 0.4) is 0 Å². The Morgan fingerprint density at radius 2 is 1.62 bits per heavy atom. The first kappa shape index (κ1) is 8.73. The highest BCUT2D eigenvalue weighted by Crippen LogP contribution is 2.35. The van der Waals surface area contributed by atoms with E-state index in [-0.39, 0.29) is 23.8 Å². The monoisotopic (exact) mass is 182 g/mol. The molecule has 2 aliphatic rings.